The number of carbonyl (C=O) groups is 1. The molecule has 0 radical (unpaired) electrons. The first-order chi connectivity index (χ1) is 9.11. The van der Waals surface area contributed by atoms with Gasteiger partial charge in [0.25, 0.3) is 11.5 Å². The first-order valence-electron chi connectivity index (χ1n) is 6.38. The van der Waals surface area contributed by atoms with Gasteiger partial charge in [0.2, 0.25) is 0 Å². The number of rotatable bonds is 1. The van der Waals surface area contributed by atoms with Crippen LogP contribution in [-0.4, -0.2) is 21.5 Å². The molecule has 5 heteroatoms. The Morgan fingerprint density at radius 2 is 2.21 bits per heavy atom. The zero-order valence-corrected chi connectivity index (χ0v) is 11.2. The molecule has 1 aliphatic rings. The molecule has 1 aromatic heterocycles. The Kier molecular flexibility index (Phi) is 4.00. The van der Waals surface area contributed by atoms with E-state index < -0.39 is 0 Å². The third kappa shape index (κ3) is 3.02. The van der Waals surface area contributed by atoms with E-state index in [9.17, 15) is 9.59 Å². The van der Waals surface area contributed by atoms with Crippen molar-refractivity contribution < 1.29 is 4.79 Å². The quantitative estimate of drug-likeness (QED) is 0.577. The second-order valence-corrected chi connectivity index (χ2v) is 4.71. The minimum Gasteiger partial charge on any atom is -0.343 e. The van der Waals surface area contributed by atoms with Crippen LogP contribution < -0.4 is 10.9 Å². The van der Waals surface area contributed by atoms with Crippen molar-refractivity contribution in [2.24, 2.45) is 7.05 Å². The SMILES string of the molecule is CC#CC(=O)NC1CCc2ncn(C)c(=O)c2CC1. The maximum Gasteiger partial charge on any atom is 0.296 e. The number of nitrogens with zero attached hydrogens (tertiary/aromatic N) is 2. The molecule has 100 valence electrons. The zero-order chi connectivity index (χ0) is 13.8. The van der Waals surface area contributed by atoms with Gasteiger partial charge in [-0.2, -0.15) is 0 Å². The predicted molar refractivity (Wildman–Crippen MR) is 71.5 cm³/mol. The van der Waals surface area contributed by atoms with Crippen LogP contribution in [0.15, 0.2) is 11.1 Å². The highest BCUT2D eigenvalue weighted by Crippen LogP contribution is 2.16. The summed E-state index contributed by atoms with van der Waals surface area (Å²) in [7, 11) is 1.70. The van der Waals surface area contributed by atoms with E-state index in [-0.39, 0.29) is 17.5 Å². The van der Waals surface area contributed by atoms with Gasteiger partial charge in [-0.1, -0.05) is 5.92 Å². The maximum absolute atomic E-state index is 12.0. The summed E-state index contributed by atoms with van der Waals surface area (Å²) in [5, 5.41) is 2.88. The molecule has 0 aliphatic heterocycles. The monoisotopic (exact) mass is 259 g/mol. The van der Waals surface area contributed by atoms with Gasteiger partial charge in [0.05, 0.1) is 12.0 Å². The van der Waals surface area contributed by atoms with Gasteiger partial charge < -0.3 is 9.88 Å². The first kappa shape index (κ1) is 13.3. The van der Waals surface area contributed by atoms with E-state index in [1.807, 2.05) is 0 Å². The van der Waals surface area contributed by atoms with Crippen LogP contribution in [0.4, 0.5) is 0 Å². The van der Waals surface area contributed by atoms with Crippen LogP contribution in [0.2, 0.25) is 0 Å². The molecule has 1 N–H and O–H groups in total. The fraction of sp³-hybridized carbons (Fsp3) is 0.500. The summed E-state index contributed by atoms with van der Waals surface area (Å²) in [6, 6.07) is 0.0623. The standard InChI is InChI=1S/C14H17N3O2/c1-3-4-13(18)16-10-5-7-11-12(8-6-10)15-9-17(2)14(11)19/h9-10H,5-8H2,1-2H3,(H,16,18). The minimum atomic E-state index is -0.251. The van der Waals surface area contributed by atoms with Gasteiger partial charge in [-0.15, -0.1) is 0 Å². The van der Waals surface area contributed by atoms with E-state index in [0.29, 0.717) is 6.42 Å². The fourth-order valence-corrected chi connectivity index (χ4v) is 2.34. The number of fused-ring (bicyclic) bond motifs is 1. The van der Waals surface area contributed by atoms with E-state index in [1.54, 1.807) is 20.3 Å². The molecule has 0 aromatic carbocycles. The predicted octanol–water partition coefficient (Wildman–Crippen LogP) is 0.167. The van der Waals surface area contributed by atoms with Crippen LogP contribution in [-0.2, 0) is 24.7 Å². The number of aromatic nitrogens is 2. The molecule has 0 fully saturated rings. The molecule has 5 nitrogen and oxygen atoms in total. The minimum absolute atomic E-state index is 0.0188. The van der Waals surface area contributed by atoms with E-state index in [1.165, 1.54) is 4.57 Å². The molecular weight excluding hydrogens is 242 g/mol. The van der Waals surface area contributed by atoms with Crippen molar-refractivity contribution in [3.05, 3.63) is 27.9 Å². The van der Waals surface area contributed by atoms with Crippen molar-refractivity contribution in [1.82, 2.24) is 14.9 Å². The van der Waals surface area contributed by atoms with Crippen molar-refractivity contribution in [1.29, 1.82) is 0 Å². The van der Waals surface area contributed by atoms with Gasteiger partial charge in [0.15, 0.2) is 0 Å². The Bertz CT molecular complexity index is 607. The van der Waals surface area contributed by atoms with Crippen LogP contribution in [0.25, 0.3) is 0 Å². The lowest BCUT2D eigenvalue weighted by Crippen LogP contribution is -2.34. The molecule has 1 aliphatic carbocycles. The van der Waals surface area contributed by atoms with E-state index in [4.69, 9.17) is 0 Å². The van der Waals surface area contributed by atoms with Crippen LogP contribution in [0.1, 0.15) is 31.0 Å². The molecule has 0 spiro atoms. The molecule has 1 heterocycles. The Balaban J connectivity index is 2.12. The van der Waals surface area contributed by atoms with Gasteiger partial charge in [-0.25, -0.2) is 4.98 Å². The molecule has 0 bridgehead atoms. The van der Waals surface area contributed by atoms with Gasteiger partial charge in [-0.3, -0.25) is 9.59 Å². The van der Waals surface area contributed by atoms with Crippen molar-refractivity contribution in [2.45, 2.75) is 38.6 Å². The van der Waals surface area contributed by atoms with Crippen LogP contribution in [0.3, 0.4) is 0 Å². The van der Waals surface area contributed by atoms with E-state index in [2.05, 4.69) is 22.1 Å². The smallest absolute Gasteiger partial charge is 0.296 e. The average Bonchev–Trinajstić information content (AvgIpc) is 2.58. The summed E-state index contributed by atoms with van der Waals surface area (Å²) in [6.45, 7) is 1.64. The molecule has 19 heavy (non-hydrogen) atoms. The van der Waals surface area contributed by atoms with Gasteiger partial charge >= 0.3 is 0 Å². The lowest BCUT2D eigenvalue weighted by Gasteiger charge is -2.13. The normalized spacial score (nSPS) is 17.7. The van der Waals surface area contributed by atoms with Gasteiger partial charge in [0, 0.05) is 18.7 Å². The molecule has 1 unspecified atom stereocenters. The van der Waals surface area contributed by atoms with Gasteiger partial charge in [0.1, 0.15) is 0 Å². The highest BCUT2D eigenvalue weighted by Gasteiger charge is 2.20. The molecule has 1 atom stereocenters. The molecule has 0 saturated heterocycles. The highest BCUT2D eigenvalue weighted by atomic mass is 16.1. The Morgan fingerprint density at radius 1 is 1.47 bits per heavy atom. The fourth-order valence-electron chi connectivity index (χ4n) is 2.34. The molecule has 1 amide bonds. The summed E-state index contributed by atoms with van der Waals surface area (Å²) in [6.07, 6.45) is 4.48. The van der Waals surface area contributed by atoms with Crippen molar-refractivity contribution in [3.63, 3.8) is 0 Å². The zero-order valence-electron chi connectivity index (χ0n) is 11.2. The van der Waals surface area contributed by atoms with Crippen molar-refractivity contribution in [2.75, 3.05) is 0 Å². The first-order valence-corrected chi connectivity index (χ1v) is 6.38. The summed E-state index contributed by atoms with van der Waals surface area (Å²) in [5.74, 6) is 4.80. The summed E-state index contributed by atoms with van der Waals surface area (Å²) in [5.41, 5.74) is 1.66. The third-order valence-electron chi connectivity index (χ3n) is 3.36. The van der Waals surface area contributed by atoms with E-state index >= 15 is 0 Å². The number of amides is 1. The third-order valence-corrected chi connectivity index (χ3v) is 3.36. The summed E-state index contributed by atoms with van der Waals surface area (Å²) in [4.78, 5) is 27.8. The van der Waals surface area contributed by atoms with Crippen molar-refractivity contribution >= 4 is 5.91 Å². The second-order valence-electron chi connectivity index (χ2n) is 4.71. The Morgan fingerprint density at radius 3 is 2.95 bits per heavy atom. The topological polar surface area (TPSA) is 64.0 Å². The molecule has 0 saturated carbocycles. The van der Waals surface area contributed by atoms with E-state index in [0.717, 1.165) is 30.5 Å². The number of hydrogen-bond acceptors (Lipinski definition) is 3. The second kappa shape index (κ2) is 5.70. The highest BCUT2D eigenvalue weighted by molar-refractivity contribution is 5.93. The van der Waals surface area contributed by atoms with Crippen LogP contribution in [0.5, 0.6) is 0 Å². The summed E-state index contributed by atoms with van der Waals surface area (Å²) >= 11 is 0. The molecule has 2 rings (SSSR count). The average molecular weight is 259 g/mol. The maximum atomic E-state index is 12.0. The number of nitrogens with one attached hydrogen (secondary N) is 1. The van der Waals surface area contributed by atoms with Crippen LogP contribution >= 0.6 is 0 Å². The summed E-state index contributed by atoms with van der Waals surface area (Å²) < 4.78 is 1.50. The Labute approximate surface area is 112 Å². The largest absolute Gasteiger partial charge is 0.343 e. The van der Waals surface area contributed by atoms with Crippen LogP contribution in [0, 0.1) is 11.8 Å². The van der Waals surface area contributed by atoms with Gasteiger partial charge in [-0.05, 0) is 38.5 Å². The van der Waals surface area contributed by atoms with Crippen molar-refractivity contribution in [3.8, 4) is 11.8 Å². The molecular formula is C14H17N3O2. The number of carbonyl (C=O) groups excluding carboxylic acids is 1. The number of hydrogen-bond donors (Lipinski definition) is 1. The number of aryl methyl sites for hydroxylation is 2. The Hall–Kier alpha value is -2.09. The lowest BCUT2D eigenvalue weighted by molar-refractivity contribution is -0.116. The lowest BCUT2D eigenvalue weighted by atomic mass is 10.1. The molecule has 1 aromatic rings.